The van der Waals surface area contributed by atoms with Gasteiger partial charge in [0.2, 0.25) is 0 Å². The largest absolute Gasteiger partial charge is 0.332 e. The summed E-state index contributed by atoms with van der Waals surface area (Å²) in [6, 6.07) is 23.1. The Hall–Kier alpha value is -2.43. The predicted octanol–water partition coefficient (Wildman–Crippen LogP) is 6.41. The van der Waals surface area contributed by atoms with Crippen LogP contribution >= 0.6 is 22.7 Å². The Bertz CT molecular complexity index is 1140. The minimum Gasteiger partial charge on any atom is -0.332 e. The van der Waals surface area contributed by atoms with Crippen LogP contribution in [-0.4, -0.2) is 4.98 Å². The average Bonchev–Trinajstić information content (AvgIpc) is 3.13. The second-order valence-electron chi connectivity index (χ2n) is 5.41. The molecule has 0 radical (unpaired) electrons. The summed E-state index contributed by atoms with van der Waals surface area (Å²) in [6.07, 6.45) is 0. The second-order valence-corrected chi connectivity index (χ2v) is 7.69. The van der Waals surface area contributed by atoms with Gasteiger partial charge in [-0.3, -0.25) is 0 Å². The average molecular weight is 332 g/mol. The first kappa shape index (κ1) is 13.0. The maximum Gasteiger partial charge on any atom is 0.189 e. The maximum absolute atomic E-state index is 4.82. The van der Waals surface area contributed by atoms with Crippen molar-refractivity contribution in [1.82, 2.24) is 4.98 Å². The van der Waals surface area contributed by atoms with Crippen molar-refractivity contribution in [1.29, 1.82) is 0 Å². The first-order chi connectivity index (χ1) is 11.4. The topological polar surface area (TPSA) is 24.9 Å². The molecule has 5 rings (SSSR count). The summed E-state index contributed by atoms with van der Waals surface area (Å²) in [5.74, 6) is 0. The SMILES string of the molecule is c1ccc(Nc2nc3c(s2)sc2c4ccccc4ccc32)cc1. The molecule has 2 aromatic heterocycles. The van der Waals surface area contributed by atoms with Gasteiger partial charge in [0.15, 0.2) is 5.13 Å². The summed E-state index contributed by atoms with van der Waals surface area (Å²) in [5.41, 5.74) is 2.18. The minimum absolute atomic E-state index is 0.951. The van der Waals surface area contributed by atoms with Crippen LogP contribution in [-0.2, 0) is 0 Å². The number of thiophene rings is 1. The third kappa shape index (κ3) is 2.11. The number of hydrogen-bond donors (Lipinski definition) is 1. The summed E-state index contributed by atoms with van der Waals surface area (Å²) >= 11 is 3.56. The van der Waals surface area contributed by atoms with E-state index < -0.39 is 0 Å². The fourth-order valence-electron chi connectivity index (χ4n) is 2.88. The Labute approximate surface area is 141 Å². The molecule has 0 aliphatic rings. The molecule has 110 valence electrons. The first-order valence-corrected chi connectivity index (χ1v) is 9.05. The van der Waals surface area contributed by atoms with Crippen molar-refractivity contribution in [3.05, 3.63) is 66.7 Å². The molecule has 2 nitrogen and oxygen atoms in total. The van der Waals surface area contributed by atoms with Crippen molar-refractivity contribution in [2.45, 2.75) is 0 Å². The molecule has 0 atom stereocenters. The highest BCUT2D eigenvalue weighted by atomic mass is 32.2. The van der Waals surface area contributed by atoms with Gasteiger partial charge in [0, 0.05) is 15.8 Å². The second kappa shape index (κ2) is 5.05. The van der Waals surface area contributed by atoms with Gasteiger partial charge in [0.25, 0.3) is 0 Å². The monoisotopic (exact) mass is 332 g/mol. The Kier molecular flexibility index (Phi) is 2.86. The van der Waals surface area contributed by atoms with Gasteiger partial charge in [0.1, 0.15) is 9.53 Å². The molecule has 0 unspecified atom stereocenters. The van der Waals surface area contributed by atoms with Crippen LogP contribution in [0.3, 0.4) is 0 Å². The number of nitrogens with zero attached hydrogens (tertiary/aromatic N) is 1. The van der Waals surface area contributed by atoms with E-state index in [4.69, 9.17) is 4.98 Å². The molecule has 0 saturated heterocycles. The lowest BCUT2D eigenvalue weighted by atomic mass is 10.1. The number of aromatic nitrogens is 1. The molecule has 23 heavy (non-hydrogen) atoms. The Morgan fingerprint density at radius 2 is 1.57 bits per heavy atom. The molecular formula is C19H12N2S2. The van der Waals surface area contributed by atoms with E-state index in [1.165, 1.54) is 24.9 Å². The van der Waals surface area contributed by atoms with Crippen molar-refractivity contribution in [2.75, 3.05) is 5.32 Å². The van der Waals surface area contributed by atoms with Gasteiger partial charge in [-0.05, 0) is 22.9 Å². The molecule has 0 amide bonds. The van der Waals surface area contributed by atoms with Gasteiger partial charge in [-0.25, -0.2) is 4.98 Å². The maximum atomic E-state index is 4.82. The van der Waals surface area contributed by atoms with Gasteiger partial charge in [0.05, 0.1) is 0 Å². The summed E-state index contributed by atoms with van der Waals surface area (Å²) in [5, 5.41) is 8.20. The van der Waals surface area contributed by atoms with E-state index in [-0.39, 0.29) is 0 Å². The molecule has 0 bridgehead atoms. The van der Waals surface area contributed by atoms with Crippen LogP contribution < -0.4 is 5.32 Å². The molecule has 2 heterocycles. The highest BCUT2D eigenvalue weighted by Crippen LogP contribution is 2.42. The van der Waals surface area contributed by atoms with Crippen molar-refractivity contribution in [3.8, 4) is 0 Å². The summed E-state index contributed by atoms with van der Waals surface area (Å²) < 4.78 is 2.61. The molecule has 3 aromatic carbocycles. The summed E-state index contributed by atoms with van der Waals surface area (Å²) in [6.45, 7) is 0. The predicted molar refractivity (Wildman–Crippen MR) is 102 cm³/mol. The third-order valence-electron chi connectivity index (χ3n) is 3.95. The number of anilines is 2. The molecule has 5 aromatic rings. The van der Waals surface area contributed by atoms with Gasteiger partial charge >= 0.3 is 0 Å². The lowest BCUT2D eigenvalue weighted by Gasteiger charge is -2.01. The van der Waals surface area contributed by atoms with Crippen LogP contribution in [0.15, 0.2) is 66.7 Å². The van der Waals surface area contributed by atoms with Crippen LogP contribution in [0.2, 0.25) is 0 Å². The van der Waals surface area contributed by atoms with Crippen LogP contribution in [0.4, 0.5) is 10.8 Å². The van der Waals surface area contributed by atoms with Crippen LogP contribution in [0.25, 0.3) is 30.4 Å². The van der Waals surface area contributed by atoms with Crippen LogP contribution in [0.5, 0.6) is 0 Å². The van der Waals surface area contributed by atoms with Crippen molar-refractivity contribution >= 4 is 63.9 Å². The minimum atomic E-state index is 0.951. The molecule has 0 saturated carbocycles. The number of benzene rings is 3. The van der Waals surface area contributed by atoms with Gasteiger partial charge in [-0.15, -0.1) is 11.3 Å². The number of rotatable bonds is 2. The fourth-order valence-corrected chi connectivity index (χ4v) is 5.27. The Morgan fingerprint density at radius 3 is 2.48 bits per heavy atom. The normalized spacial score (nSPS) is 11.5. The Morgan fingerprint density at radius 1 is 0.739 bits per heavy atom. The van der Waals surface area contributed by atoms with E-state index in [9.17, 15) is 0 Å². The van der Waals surface area contributed by atoms with E-state index in [1.54, 1.807) is 11.3 Å². The first-order valence-electron chi connectivity index (χ1n) is 7.41. The number of thiazole rings is 1. The van der Waals surface area contributed by atoms with E-state index in [0.717, 1.165) is 16.3 Å². The fraction of sp³-hybridized carbons (Fsp3) is 0. The van der Waals surface area contributed by atoms with Crippen LogP contribution in [0.1, 0.15) is 0 Å². The number of nitrogens with one attached hydrogen (secondary N) is 1. The zero-order valence-corrected chi connectivity index (χ0v) is 13.7. The molecule has 0 aliphatic heterocycles. The molecule has 0 aliphatic carbocycles. The van der Waals surface area contributed by atoms with Crippen molar-refractivity contribution in [2.24, 2.45) is 0 Å². The number of para-hydroxylation sites is 1. The Balaban J connectivity index is 1.68. The quantitative estimate of drug-likeness (QED) is 0.404. The zero-order chi connectivity index (χ0) is 15.2. The standard InChI is InChI=1S/C19H12N2S2/c1-2-7-13(8-3-1)20-19-21-16-15-11-10-12-6-4-5-9-14(12)17(15)22-18(16)23-19/h1-11H,(H,20,21). The van der Waals surface area contributed by atoms with E-state index in [0.29, 0.717) is 0 Å². The highest BCUT2D eigenvalue weighted by Gasteiger charge is 2.13. The van der Waals surface area contributed by atoms with Gasteiger partial charge in [-0.1, -0.05) is 65.9 Å². The van der Waals surface area contributed by atoms with Gasteiger partial charge < -0.3 is 5.32 Å². The lowest BCUT2D eigenvalue weighted by molar-refractivity contribution is 1.46. The van der Waals surface area contributed by atoms with Gasteiger partial charge in [-0.2, -0.15) is 0 Å². The van der Waals surface area contributed by atoms with E-state index in [2.05, 4.69) is 53.8 Å². The van der Waals surface area contributed by atoms with E-state index in [1.807, 2.05) is 29.5 Å². The lowest BCUT2D eigenvalue weighted by Crippen LogP contribution is -1.87. The third-order valence-corrected chi connectivity index (χ3v) is 6.24. The summed E-state index contributed by atoms with van der Waals surface area (Å²) in [7, 11) is 0. The smallest absolute Gasteiger partial charge is 0.189 e. The summed E-state index contributed by atoms with van der Waals surface area (Å²) in [4.78, 5) is 4.82. The molecule has 1 N–H and O–H groups in total. The highest BCUT2D eigenvalue weighted by molar-refractivity contribution is 7.43. The van der Waals surface area contributed by atoms with Crippen LogP contribution in [0, 0.1) is 0 Å². The molecule has 0 fully saturated rings. The zero-order valence-electron chi connectivity index (χ0n) is 12.1. The van der Waals surface area contributed by atoms with Crippen molar-refractivity contribution in [3.63, 3.8) is 0 Å². The molecule has 0 spiro atoms. The molecular weight excluding hydrogens is 320 g/mol. The van der Waals surface area contributed by atoms with E-state index >= 15 is 0 Å². The number of fused-ring (bicyclic) bond motifs is 5. The molecule has 4 heteroatoms. The number of hydrogen-bond acceptors (Lipinski definition) is 4. The van der Waals surface area contributed by atoms with Crippen molar-refractivity contribution < 1.29 is 0 Å².